The number of carbonyl (C=O) groups is 1. The molecule has 19 heavy (non-hydrogen) atoms. The van der Waals surface area contributed by atoms with E-state index in [1.807, 2.05) is 29.2 Å². The molecule has 0 aromatic heterocycles. The molecule has 1 aromatic rings. The fourth-order valence-electron chi connectivity index (χ4n) is 2.73. The van der Waals surface area contributed by atoms with Gasteiger partial charge < -0.3 is 4.90 Å². The summed E-state index contributed by atoms with van der Waals surface area (Å²) in [6.07, 6.45) is 2.26. The van der Waals surface area contributed by atoms with Crippen molar-refractivity contribution in [3.8, 4) is 0 Å². The third-order valence-electron chi connectivity index (χ3n) is 3.93. The molecule has 4 heteroatoms. The molecule has 1 saturated carbocycles. The maximum absolute atomic E-state index is 12.5. The minimum Gasteiger partial charge on any atom is -0.319 e. The maximum atomic E-state index is 12.5. The highest BCUT2D eigenvalue weighted by molar-refractivity contribution is 6.30. The summed E-state index contributed by atoms with van der Waals surface area (Å²) >= 11 is 5.94. The van der Waals surface area contributed by atoms with Crippen LogP contribution >= 0.6 is 11.6 Å². The SMILES string of the molecule is CC(C)C1NC(c2ccc(Cl)cc2)N(C2CC2)C1=O. The predicted octanol–water partition coefficient (Wildman–Crippen LogP) is 2.96. The zero-order valence-electron chi connectivity index (χ0n) is 11.3. The molecular formula is C15H19ClN2O. The highest BCUT2D eigenvalue weighted by atomic mass is 35.5. The number of benzene rings is 1. The Morgan fingerprint density at radius 2 is 1.89 bits per heavy atom. The van der Waals surface area contributed by atoms with Crippen LogP contribution in [0, 0.1) is 5.92 Å². The molecule has 2 atom stereocenters. The lowest BCUT2D eigenvalue weighted by molar-refractivity contribution is -0.131. The molecule has 3 nitrogen and oxygen atoms in total. The second-order valence-corrected chi connectivity index (χ2v) is 6.26. The van der Waals surface area contributed by atoms with Crippen molar-refractivity contribution in [3.63, 3.8) is 0 Å². The predicted molar refractivity (Wildman–Crippen MR) is 75.8 cm³/mol. The Bertz CT molecular complexity index is 481. The zero-order chi connectivity index (χ0) is 13.6. The number of nitrogens with one attached hydrogen (secondary N) is 1. The summed E-state index contributed by atoms with van der Waals surface area (Å²) < 4.78 is 0. The monoisotopic (exact) mass is 278 g/mol. The topological polar surface area (TPSA) is 32.3 Å². The molecule has 102 valence electrons. The van der Waals surface area contributed by atoms with E-state index in [0.717, 1.165) is 23.4 Å². The molecule has 1 aliphatic heterocycles. The first-order chi connectivity index (χ1) is 9.08. The van der Waals surface area contributed by atoms with Gasteiger partial charge in [0, 0.05) is 11.1 Å². The van der Waals surface area contributed by atoms with E-state index in [1.54, 1.807) is 0 Å². The van der Waals surface area contributed by atoms with Crippen LogP contribution in [0.1, 0.15) is 38.4 Å². The van der Waals surface area contributed by atoms with Gasteiger partial charge in [-0.05, 0) is 36.5 Å². The lowest BCUT2D eigenvalue weighted by atomic mass is 10.1. The molecule has 0 radical (unpaired) electrons. The number of carbonyl (C=O) groups excluding carboxylic acids is 1. The number of nitrogens with zero attached hydrogens (tertiary/aromatic N) is 1. The van der Waals surface area contributed by atoms with Gasteiger partial charge in [-0.25, -0.2) is 0 Å². The quantitative estimate of drug-likeness (QED) is 0.922. The number of rotatable bonds is 3. The van der Waals surface area contributed by atoms with Gasteiger partial charge >= 0.3 is 0 Å². The minimum absolute atomic E-state index is 0.00432. The molecule has 1 aromatic carbocycles. The van der Waals surface area contributed by atoms with Crippen LogP contribution in [0.15, 0.2) is 24.3 Å². The van der Waals surface area contributed by atoms with Gasteiger partial charge in [0.15, 0.2) is 0 Å². The molecule has 1 saturated heterocycles. The summed E-state index contributed by atoms with van der Waals surface area (Å²) in [7, 11) is 0. The standard InChI is InChI=1S/C15H19ClN2O/c1-9(2)13-15(19)18(12-7-8-12)14(17-13)10-3-5-11(16)6-4-10/h3-6,9,12-14,17H,7-8H2,1-2H3. The summed E-state index contributed by atoms with van der Waals surface area (Å²) in [5.74, 6) is 0.559. The Hall–Kier alpha value is -1.06. The van der Waals surface area contributed by atoms with Crippen molar-refractivity contribution in [1.82, 2.24) is 10.2 Å². The van der Waals surface area contributed by atoms with E-state index >= 15 is 0 Å². The Balaban J connectivity index is 1.90. The molecule has 1 heterocycles. The highest BCUT2D eigenvalue weighted by Gasteiger charge is 2.47. The van der Waals surface area contributed by atoms with E-state index in [1.165, 1.54) is 0 Å². The summed E-state index contributed by atoms with van der Waals surface area (Å²) in [6.45, 7) is 4.18. The van der Waals surface area contributed by atoms with Gasteiger partial charge in [0.1, 0.15) is 6.17 Å². The molecule has 2 unspecified atom stereocenters. The lowest BCUT2D eigenvalue weighted by Crippen LogP contribution is -2.35. The lowest BCUT2D eigenvalue weighted by Gasteiger charge is -2.24. The number of hydrogen-bond acceptors (Lipinski definition) is 2. The average molecular weight is 279 g/mol. The van der Waals surface area contributed by atoms with Crippen LogP contribution in [-0.4, -0.2) is 22.9 Å². The highest BCUT2D eigenvalue weighted by Crippen LogP contribution is 2.38. The van der Waals surface area contributed by atoms with Gasteiger partial charge in [0.2, 0.25) is 5.91 Å². The third-order valence-corrected chi connectivity index (χ3v) is 4.18. The van der Waals surface area contributed by atoms with Crippen LogP contribution in [0.4, 0.5) is 0 Å². The third kappa shape index (κ3) is 2.37. The fourth-order valence-corrected chi connectivity index (χ4v) is 2.86. The average Bonchev–Trinajstić information content (AvgIpc) is 3.14. The van der Waals surface area contributed by atoms with Crippen LogP contribution in [0.25, 0.3) is 0 Å². The van der Waals surface area contributed by atoms with Gasteiger partial charge in [0.25, 0.3) is 0 Å². The Morgan fingerprint density at radius 1 is 1.26 bits per heavy atom. The molecule has 1 N–H and O–H groups in total. The van der Waals surface area contributed by atoms with Gasteiger partial charge in [-0.1, -0.05) is 37.6 Å². The fraction of sp³-hybridized carbons (Fsp3) is 0.533. The van der Waals surface area contributed by atoms with Crippen LogP contribution < -0.4 is 5.32 Å². The van der Waals surface area contributed by atoms with Crippen molar-refractivity contribution < 1.29 is 4.79 Å². The van der Waals surface area contributed by atoms with Crippen molar-refractivity contribution in [2.24, 2.45) is 5.92 Å². The molecule has 1 aliphatic carbocycles. The van der Waals surface area contributed by atoms with Crippen LogP contribution in [0.3, 0.4) is 0 Å². The Labute approximate surface area is 118 Å². The van der Waals surface area contributed by atoms with Crippen molar-refractivity contribution >= 4 is 17.5 Å². The summed E-state index contributed by atoms with van der Waals surface area (Å²) in [6, 6.07) is 8.13. The normalized spacial score (nSPS) is 27.4. The first-order valence-corrected chi connectivity index (χ1v) is 7.29. The Morgan fingerprint density at radius 3 is 2.42 bits per heavy atom. The minimum atomic E-state index is -0.0683. The van der Waals surface area contributed by atoms with Gasteiger partial charge in [-0.3, -0.25) is 10.1 Å². The first-order valence-electron chi connectivity index (χ1n) is 6.91. The largest absolute Gasteiger partial charge is 0.319 e. The van der Waals surface area contributed by atoms with Gasteiger partial charge in [-0.15, -0.1) is 0 Å². The van der Waals surface area contributed by atoms with Gasteiger partial charge in [0.05, 0.1) is 6.04 Å². The van der Waals surface area contributed by atoms with Crippen molar-refractivity contribution in [3.05, 3.63) is 34.9 Å². The molecule has 2 fully saturated rings. The van der Waals surface area contributed by atoms with E-state index < -0.39 is 0 Å². The van der Waals surface area contributed by atoms with Gasteiger partial charge in [-0.2, -0.15) is 0 Å². The van der Waals surface area contributed by atoms with E-state index in [4.69, 9.17) is 11.6 Å². The van der Waals surface area contributed by atoms with Crippen molar-refractivity contribution in [2.75, 3.05) is 0 Å². The van der Waals surface area contributed by atoms with Crippen molar-refractivity contribution in [1.29, 1.82) is 0 Å². The molecular weight excluding hydrogens is 260 g/mol. The summed E-state index contributed by atoms with van der Waals surface area (Å²) in [4.78, 5) is 14.6. The summed E-state index contributed by atoms with van der Waals surface area (Å²) in [5, 5.41) is 4.21. The second-order valence-electron chi connectivity index (χ2n) is 5.82. The second kappa shape index (κ2) is 4.80. The molecule has 1 amide bonds. The zero-order valence-corrected chi connectivity index (χ0v) is 12.0. The smallest absolute Gasteiger partial charge is 0.241 e. The van der Waals surface area contributed by atoms with Crippen LogP contribution in [0.2, 0.25) is 5.02 Å². The molecule has 0 spiro atoms. The number of halogens is 1. The van der Waals surface area contributed by atoms with E-state index in [0.29, 0.717) is 12.0 Å². The van der Waals surface area contributed by atoms with E-state index in [2.05, 4.69) is 19.2 Å². The molecule has 2 aliphatic rings. The van der Waals surface area contributed by atoms with E-state index in [-0.39, 0.29) is 18.1 Å². The van der Waals surface area contributed by atoms with Crippen molar-refractivity contribution in [2.45, 2.75) is 44.9 Å². The van der Waals surface area contributed by atoms with Crippen LogP contribution in [0.5, 0.6) is 0 Å². The number of hydrogen-bond donors (Lipinski definition) is 1. The first kappa shape index (κ1) is 12.9. The van der Waals surface area contributed by atoms with E-state index in [9.17, 15) is 4.79 Å². The summed E-state index contributed by atoms with van der Waals surface area (Å²) in [5.41, 5.74) is 1.12. The Kier molecular flexibility index (Phi) is 3.27. The number of amides is 1. The maximum Gasteiger partial charge on any atom is 0.241 e. The van der Waals surface area contributed by atoms with Crippen LogP contribution in [-0.2, 0) is 4.79 Å². The molecule has 3 rings (SSSR count). The molecule has 0 bridgehead atoms.